The van der Waals surface area contributed by atoms with Gasteiger partial charge in [0.15, 0.2) is 0 Å². The normalized spacial score (nSPS) is 12.1. The number of hydrogen-bond acceptors (Lipinski definition) is 2. The van der Waals surface area contributed by atoms with Gasteiger partial charge < -0.3 is 0 Å². The maximum atomic E-state index is 12.0. The van der Waals surface area contributed by atoms with Crippen molar-refractivity contribution in [3.63, 3.8) is 0 Å². The van der Waals surface area contributed by atoms with Gasteiger partial charge in [-0.1, -0.05) is 0 Å². The van der Waals surface area contributed by atoms with Gasteiger partial charge >= 0.3 is 6.18 Å². The van der Waals surface area contributed by atoms with E-state index in [0.717, 1.165) is 4.47 Å². The highest BCUT2D eigenvalue weighted by Gasteiger charge is 2.29. The van der Waals surface area contributed by atoms with E-state index in [1.165, 1.54) is 11.9 Å². The van der Waals surface area contributed by atoms with Gasteiger partial charge in [-0.05, 0) is 35.1 Å². The van der Waals surface area contributed by atoms with Crippen molar-refractivity contribution >= 4 is 15.9 Å². The molecule has 0 bridgehead atoms. The summed E-state index contributed by atoms with van der Waals surface area (Å²) in [4.78, 5) is 5.17. The smallest absolute Gasteiger partial charge is 0.292 e. The van der Waals surface area contributed by atoms with Gasteiger partial charge in [-0.25, -0.2) is 0 Å². The Kier molecular flexibility index (Phi) is 4.10. The molecule has 0 unspecified atom stereocenters. The van der Waals surface area contributed by atoms with Gasteiger partial charge in [0.25, 0.3) is 0 Å². The molecular weight excluding hydrogens is 273 g/mol. The molecule has 0 aliphatic heterocycles. The molecule has 0 saturated carbocycles. The largest absolute Gasteiger partial charge is 0.401 e. The molecule has 1 heterocycles. The molecular formula is C9H10BrF3N2. The average Bonchev–Trinajstić information content (AvgIpc) is 2.05. The fourth-order valence-electron chi connectivity index (χ4n) is 1.14. The summed E-state index contributed by atoms with van der Waals surface area (Å²) in [6, 6.07) is 3.45. The Labute approximate surface area is 94.2 Å². The Morgan fingerprint density at radius 2 is 2.07 bits per heavy atom. The van der Waals surface area contributed by atoms with Gasteiger partial charge in [0.2, 0.25) is 0 Å². The number of aromatic nitrogens is 1. The number of hydrogen-bond donors (Lipinski definition) is 0. The molecule has 1 aromatic rings. The topological polar surface area (TPSA) is 16.1 Å². The summed E-state index contributed by atoms with van der Waals surface area (Å²) >= 11 is 3.20. The highest BCUT2D eigenvalue weighted by molar-refractivity contribution is 9.10. The Bertz CT molecular complexity index is 310. The van der Waals surface area contributed by atoms with Crippen molar-refractivity contribution in [2.24, 2.45) is 0 Å². The van der Waals surface area contributed by atoms with Crippen LogP contribution in [0.5, 0.6) is 0 Å². The lowest BCUT2D eigenvalue weighted by atomic mass is 10.3. The number of rotatable bonds is 3. The number of pyridine rings is 1. The SMILES string of the molecule is CN(Cc1ccc(Br)cn1)CC(F)(F)F. The lowest BCUT2D eigenvalue weighted by molar-refractivity contribution is -0.144. The van der Waals surface area contributed by atoms with Gasteiger partial charge in [-0.15, -0.1) is 0 Å². The minimum Gasteiger partial charge on any atom is -0.292 e. The minimum atomic E-state index is -4.16. The zero-order valence-corrected chi connectivity index (χ0v) is 9.64. The van der Waals surface area contributed by atoms with Crippen LogP contribution >= 0.6 is 15.9 Å². The summed E-state index contributed by atoms with van der Waals surface area (Å²) in [5.74, 6) is 0. The van der Waals surface area contributed by atoms with Crippen molar-refractivity contribution in [2.75, 3.05) is 13.6 Å². The van der Waals surface area contributed by atoms with Gasteiger partial charge in [0.05, 0.1) is 12.2 Å². The first-order valence-corrected chi connectivity index (χ1v) is 5.02. The van der Waals surface area contributed by atoms with Crippen molar-refractivity contribution in [1.29, 1.82) is 0 Å². The molecule has 1 aromatic heterocycles. The molecule has 6 heteroatoms. The summed E-state index contributed by atoms with van der Waals surface area (Å²) < 4.78 is 36.8. The molecule has 1 rings (SSSR count). The summed E-state index contributed by atoms with van der Waals surface area (Å²) in [5.41, 5.74) is 0.616. The Hall–Kier alpha value is -0.620. The second-order valence-electron chi connectivity index (χ2n) is 3.26. The number of halogens is 4. The highest BCUT2D eigenvalue weighted by atomic mass is 79.9. The van der Waals surface area contributed by atoms with E-state index < -0.39 is 12.7 Å². The third-order valence-corrected chi connectivity index (χ3v) is 2.14. The van der Waals surface area contributed by atoms with E-state index in [1.807, 2.05) is 0 Å². The summed E-state index contributed by atoms with van der Waals surface area (Å²) in [6.45, 7) is -0.739. The van der Waals surface area contributed by atoms with Gasteiger partial charge in [0, 0.05) is 17.2 Å². The maximum Gasteiger partial charge on any atom is 0.401 e. The van der Waals surface area contributed by atoms with Crippen LogP contribution in [0.4, 0.5) is 13.2 Å². The van der Waals surface area contributed by atoms with Crippen molar-refractivity contribution in [3.8, 4) is 0 Å². The van der Waals surface area contributed by atoms with E-state index in [2.05, 4.69) is 20.9 Å². The first-order chi connectivity index (χ1) is 6.87. The van der Waals surface area contributed by atoms with E-state index in [1.54, 1.807) is 18.3 Å². The molecule has 0 saturated heterocycles. The van der Waals surface area contributed by atoms with Crippen LogP contribution in [-0.2, 0) is 6.54 Å². The number of nitrogens with zero attached hydrogens (tertiary/aromatic N) is 2. The van der Waals surface area contributed by atoms with Crippen LogP contribution in [0.25, 0.3) is 0 Å². The quantitative estimate of drug-likeness (QED) is 0.848. The van der Waals surface area contributed by atoms with E-state index in [0.29, 0.717) is 5.69 Å². The van der Waals surface area contributed by atoms with Gasteiger partial charge in [-0.2, -0.15) is 13.2 Å². The lowest BCUT2D eigenvalue weighted by Gasteiger charge is -2.17. The minimum absolute atomic E-state index is 0.187. The molecule has 0 amide bonds. The first-order valence-electron chi connectivity index (χ1n) is 4.22. The molecule has 0 N–H and O–H groups in total. The average molecular weight is 283 g/mol. The second kappa shape index (κ2) is 4.94. The molecule has 0 aromatic carbocycles. The van der Waals surface area contributed by atoms with Crippen LogP contribution in [0.3, 0.4) is 0 Å². The Morgan fingerprint density at radius 3 is 2.53 bits per heavy atom. The fourth-order valence-corrected chi connectivity index (χ4v) is 1.37. The summed E-state index contributed by atoms with van der Waals surface area (Å²) in [6.07, 6.45) is -2.60. The van der Waals surface area contributed by atoms with Crippen molar-refractivity contribution in [2.45, 2.75) is 12.7 Å². The maximum absolute atomic E-state index is 12.0. The third-order valence-electron chi connectivity index (χ3n) is 1.67. The Morgan fingerprint density at radius 1 is 1.40 bits per heavy atom. The predicted molar refractivity (Wildman–Crippen MR) is 54.3 cm³/mol. The van der Waals surface area contributed by atoms with Crippen molar-refractivity contribution in [1.82, 2.24) is 9.88 Å². The zero-order chi connectivity index (χ0) is 11.5. The Balaban J connectivity index is 2.51. The molecule has 0 aliphatic rings. The van der Waals surface area contributed by atoms with Gasteiger partial charge in [0.1, 0.15) is 0 Å². The molecule has 15 heavy (non-hydrogen) atoms. The second-order valence-corrected chi connectivity index (χ2v) is 4.17. The van der Waals surface area contributed by atoms with Crippen LogP contribution in [-0.4, -0.2) is 29.7 Å². The van der Waals surface area contributed by atoms with Crippen molar-refractivity contribution < 1.29 is 13.2 Å². The van der Waals surface area contributed by atoms with Crippen LogP contribution in [0.15, 0.2) is 22.8 Å². The molecule has 0 atom stereocenters. The molecule has 0 radical (unpaired) electrons. The summed E-state index contributed by atoms with van der Waals surface area (Å²) in [7, 11) is 1.41. The molecule has 84 valence electrons. The molecule has 0 fully saturated rings. The predicted octanol–water partition coefficient (Wildman–Crippen LogP) is 2.84. The summed E-state index contributed by atoms with van der Waals surface area (Å²) in [5, 5.41) is 0. The van der Waals surface area contributed by atoms with Crippen molar-refractivity contribution in [3.05, 3.63) is 28.5 Å². The fraction of sp³-hybridized carbons (Fsp3) is 0.444. The van der Waals surface area contributed by atoms with E-state index in [9.17, 15) is 13.2 Å². The standard InChI is InChI=1S/C9H10BrF3N2/c1-15(6-9(11,12)13)5-8-3-2-7(10)4-14-8/h2-4H,5-6H2,1H3. The third kappa shape index (κ3) is 5.13. The van der Waals surface area contributed by atoms with E-state index in [4.69, 9.17) is 0 Å². The van der Waals surface area contributed by atoms with E-state index in [-0.39, 0.29) is 6.54 Å². The van der Waals surface area contributed by atoms with Crippen LogP contribution < -0.4 is 0 Å². The molecule has 0 aliphatic carbocycles. The monoisotopic (exact) mass is 282 g/mol. The van der Waals surface area contributed by atoms with Crippen LogP contribution in [0.1, 0.15) is 5.69 Å². The van der Waals surface area contributed by atoms with Crippen LogP contribution in [0, 0.1) is 0 Å². The number of alkyl halides is 3. The van der Waals surface area contributed by atoms with E-state index >= 15 is 0 Å². The molecule has 2 nitrogen and oxygen atoms in total. The zero-order valence-electron chi connectivity index (χ0n) is 8.05. The molecule has 0 spiro atoms. The lowest BCUT2D eigenvalue weighted by Crippen LogP contribution is -2.30. The van der Waals surface area contributed by atoms with Crippen LogP contribution in [0.2, 0.25) is 0 Å². The highest BCUT2D eigenvalue weighted by Crippen LogP contribution is 2.16. The first kappa shape index (κ1) is 12.4. The van der Waals surface area contributed by atoms with Gasteiger partial charge in [-0.3, -0.25) is 9.88 Å².